The summed E-state index contributed by atoms with van der Waals surface area (Å²) in [5.74, 6) is 1.33. The van der Waals surface area contributed by atoms with Gasteiger partial charge in [-0.3, -0.25) is 0 Å². The summed E-state index contributed by atoms with van der Waals surface area (Å²) >= 11 is 11.8. The number of rotatable bonds is 4. The molecule has 0 saturated heterocycles. The first-order valence-electron chi connectivity index (χ1n) is 7.67. The largest absolute Gasteiger partial charge is 0.457 e. The second kappa shape index (κ2) is 6.70. The SMILES string of the molecule is CC(C)(C)CC(C)(C)c1ccc(Oc2cc(Cl)nc(Cl)c2)cc1. The van der Waals surface area contributed by atoms with E-state index in [1.807, 2.05) is 12.1 Å². The third-order valence-electron chi connectivity index (χ3n) is 3.58. The van der Waals surface area contributed by atoms with Crippen molar-refractivity contribution in [1.29, 1.82) is 0 Å². The van der Waals surface area contributed by atoms with Crippen LogP contribution in [0, 0.1) is 5.41 Å². The van der Waals surface area contributed by atoms with Gasteiger partial charge in [-0.25, -0.2) is 4.98 Å². The van der Waals surface area contributed by atoms with Crippen molar-refractivity contribution in [3.63, 3.8) is 0 Å². The maximum absolute atomic E-state index is 5.89. The summed E-state index contributed by atoms with van der Waals surface area (Å²) in [5.41, 5.74) is 1.69. The van der Waals surface area contributed by atoms with Crippen LogP contribution in [0.25, 0.3) is 0 Å². The Morgan fingerprint density at radius 2 is 1.39 bits per heavy atom. The highest BCUT2D eigenvalue weighted by Crippen LogP contribution is 2.37. The van der Waals surface area contributed by atoms with E-state index in [-0.39, 0.29) is 10.8 Å². The van der Waals surface area contributed by atoms with Crippen LogP contribution in [-0.2, 0) is 5.41 Å². The van der Waals surface area contributed by atoms with Crippen LogP contribution in [0.1, 0.15) is 46.6 Å². The first-order valence-corrected chi connectivity index (χ1v) is 8.42. The van der Waals surface area contributed by atoms with Gasteiger partial charge in [0.05, 0.1) is 0 Å². The zero-order chi connectivity index (χ0) is 17.3. The van der Waals surface area contributed by atoms with Crippen molar-refractivity contribution in [2.24, 2.45) is 5.41 Å². The van der Waals surface area contributed by atoms with Crippen LogP contribution in [0.5, 0.6) is 11.5 Å². The van der Waals surface area contributed by atoms with Gasteiger partial charge in [0.1, 0.15) is 21.8 Å². The van der Waals surface area contributed by atoms with Gasteiger partial charge < -0.3 is 4.74 Å². The molecule has 0 amide bonds. The van der Waals surface area contributed by atoms with Crippen LogP contribution in [-0.4, -0.2) is 4.98 Å². The van der Waals surface area contributed by atoms with Gasteiger partial charge in [-0.15, -0.1) is 0 Å². The lowest BCUT2D eigenvalue weighted by molar-refractivity contribution is 0.284. The zero-order valence-corrected chi connectivity index (χ0v) is 15.8. The quantitative estimate of drug-likeness (QED) is 0.559. The Kier molecular flexibility index (Phi) is 5.27. The molecule has 0 aliphatic heterocycles. The minimum Gasteiger partial charge on any atom is -0.457 e. The standard InChI is InChI=1S/C19H23Cl2NO/c1-18(2,3)12-19(4,5)13-6-8-14(9-7-13)23-15-10-16(20)22-17(21)11-15/h6-11H,12H2,1-5H3. The normalized spacial score (nSPS) is 12.3. The second-order valence-corrected chi connectivity index (χ2v) is 8.47. The smallest absolute Gasteiger partial charge is 0.134 e. The molecular formula is C19H23Cl2NO. The Morgan fingerprint density at radius 3 is 1.87 bits per heavy atom. The molecule has 0 radical (unpaired) electrons. The van der Waals surface area contributed by atoms with Gasteiger partial charge in [-0.05, 0) is 34.9 Å². The molecule has 2 nitrogen and oxygen atoms in total. The van der Waals surface area contributed by atoms with Crippen LogP contribution in [0.2, 0.25) is 10.3 Å². The van der Waals surface area contributed by atoms with Gasteiger partial charge >= 0.3 is 0 Å². The van der Waals surface area contributed by atoms with Crippen molar-refractivity contribution in [2.75, 3.05) is 0 Å². The average molecular weight is 352 g/mol. The van der Waals surface area contributed by atoms with E-state index in [1.165, 1.54) is 5.56 Å². The van der Waals surface area contributed by atoms with E-state index in [4.69, 9.17) is 27.9 Å². The third kappa shape index (κ3) is 5.40. The number of hydrogen-bond donors (Lipinski definition) is 0. The molecule has 0 saturated carbocycles. The predicted molar refractivity (Wildman–Crippen MR) is 97.9 cm³/mol. The fourth-order valence-electron chi connectivity index (χ4n) is 3.04. The van der Waals surface area contributed by atoms with Gasteiger partial charge in [0.25, 0.3) is 0 Å². The molecule has 0 aliphatic carbocycles. The predicted octanol–water partition coefficient (Wildman–Crippen LogP) is 6.89. The number of halogens is 2. The topological polar surface area (TPSA) is 22.1 Å². The molecule has 2 rings (SSSR count). The molecule has 4 heteroatoms. The van der Waals surface area contributed by atoms with Gasteiger partial charge in [0, 0.05) is 12.1 Å². The molecule has 1 aromatic heterocycles. The maximum atomic E-state index is 5.89. The Morgan fingerprint density at radius 1 is 0.870 bits per heavy atom. The summed E-state index contributed by atoms with van der Waals surface area (Å²) in [6.07, 6.45) is 1.11. The van der Waals surface area contributed by atoms with Crippen molar-refractivity contribution < 1.29 is 4.74 Å². The molecule has 0 spiro atoms. The number of pyridine rings is 1. The van der Waals surface area contributed by atoms with Crippen molar-refractivity contribution in [3.05, 3.63) is 52.3 Å². The summed E-state index contributed by atoms with van der Waals surface area (Å²) in [7, 11) is 0. The monoisotopic (exact) mass is 351 g/mol. The van der Waals surface area contributed by atoms with Crippen molar-refractivity contribution >= 4 is 23.2 Å². The fourth-order valence-corrected chi connectivity index (χ4v) is 3.48. The molecule has 0 fully saturated rings. The number of nitrogens with zero attached hydrogens (tertiary/aromatic N) is 1. The lowest BCUT2D eigenvalue weighted by Gasteiger charge is -2.33. The van der Waals surface area contributed by atoms with Crippen molar-refractivity contribution in [1.82, 2.24) is 4.98 Å². The molecule has 0 N–H and O–H groups in total. The Bertz CT molecular complexity index is 653. The van der Waals surface area contributed by atoms with Gasteiger partial charge in [0.15, 0.2) is 0 Å². The summed E-state index contributed by atoms with van der Waals surface area (Å²) in [5, 5.41) is 0.630. The number of aromatic nitrogens is 1. The summed E-state index contributed by atoms with van der Waals surface area (Å²) in [6.45, 7) is 11.3. The lowest BCUT2D eigenvalue weighted by Crippen LogP contribution is -2.24. The Balaban J connectivity index is 2.16. The first-order chi connectivity index (χ1) is 10.5. The molecule has 23 heavy (non-hydrogen) atoms. The molecule has 1 aromatic carbocycles. The van der Waals surface area contributed by atoms with Crippen LogP contribution < -0.4 is 4.74 Å². The molecule has 0 aliphatic rings. The number of benzene rings is 1. The first kappa shape index (κ1) is 18.1. The summed E-state index contributed by atoms with van der Waals surface area (Å²) in [6, 6.07) is 11.5. The van der Waals surface area contributed by atoms with E-state index in [9.17, 15) is 0 Å². The molecular weight excluding hydrogens is 329 g/mol. The fraction of sp³-hybridized carbons (Fsp3) is 0.421. The summed E-state index contributed by atoms with van der Waals surface area (Å²) < 4.78 is 5.80. The third-order valence-corrected chi connectivity index (χ3v) is 3.97. The molecule has 0 bridgehead atoms. The van der Waals surface area contributed by atoms with Crippen LogP contribution in [0.15, 0.2) is 36.4 Å². The lowest BCUT2D eigenvalue weighted by atomic mass is 9.72. The van der Waals surface area contributed by atoms with E-state index in [2.05, 4.69) is 51.7 Å². The summed E-state index contributed by atoms with van der Waals surface area (Å²) in [4.78, 5) is 3.91. The highest BCUT2D eigenvalue weighted by atomic mass is 35.5. The highest BCUT2D eigenvalue weighted by molar-refractivity contribution is 6.32. The van der Waals surface area contributed by atoms with E-state index in [0.29, 0.717) is 16.1 Å². The maximum Gasteiger partial charge on any atom is 0.134 e. The Labute approximate surface area is 148 Å². The average Bonchev–Trinajstić information content (AvgIpc) is 2.35. The molecule has 2 aromatic rings. The van der Waals surface area contributed by atoms with Crippen molar-refractivity contribution in [2.45, 2.75) is 46.5 Å². The zero-order valence-electron chi connectivity index (χ0n) is 14.3. The molecule has 1 heterocycles. The number of ether oxygens (including phenoxy) is 1. The molecule has 124 valence electrons. The van der Waals surface area contributed by atoms with Gasteiger partial charge in [0.2, 0.25) is 0 Å². The van der Waals surface area contributed by atoms with E-state index in [1.54, 1.807) is 12.1 Å². The van der Waals surface area contributed by atoms with Crippen molar-refractivity contribution in [3.8, 4) is 11.5 Å². The van der Waals surface area contributed by atoms with Gasteiger partial charge in [-0.2, -0.15) is 0 Å². The van der Waals surface area contributed by atoms with Gasteiger partial charge in [-0.1, -0.05) is 70.0 Å². The minimum atomic E-state index is 0.111. The van der Waals surface area contributed by atoms with Crippen LogP contribution in [0.4, 0.5) is 0 Å². The second-order valence-electron chi connectivity index (χ2n) is 7.70. The minimum absolute atomic E-state index is 0.111. The van der Waals surface area contributed by atoms with E-state index in [0.717, 1.165) is 12.2 Å². The number of hydrogen-bond acceptors (Lipinski definition) is 2. The van der Waals surface area contributed by atoms with Crippen LogP contribution in [0.3, 0.4) is 0 Å². The van der Waals surface area contributed by atoms with E-state index >= 15 is 0 Å². The molecule has 0 unspecified atom stereocenters. The molecule has 0 atom stereocenters. The Hall–Kier alpha value is -1.25. The van der Waals surface area contributed by atoms with E-state index < -0.39 is 0 Å². The highest BCUT2D eigenvalue weighted by Gasteiger charge is 2.27. The van der Waals surface area contributed by atoms with Crippen LogP contribution >= 0.6 is 23.2 Å².